The summed E-state index contributed by atoms with van der Waals surface area (Å²) in [5, 5.41) is 4.04. The van der Waals surface area contributed by atoms with Crippen LogP contribution >= 0.6 is 0 Å². The van der Waals surface area contributed by atoms with E-state index in [2.05, 4.69) is 29.1 Å². The summed E-state index contributed by atoms with van der Waals surface area (Å²) >= 11 is 0. The summed E-state index contributed by atoms with van der Waals surface area (Å²) in [4.78, 5) is 17.1. The molecule has 25 heavy (non-hydrogen) atoms. The SMILES string of the molecule is Cc1cccc(CC(=O)N2CCCN(Cc3c(C)noc3C)CC2)c1. The molecule has 1 aromatic carbocycles. The molecule has 1 aliphatic rings. The summed E-state index contributed by atoms with van der Waals surface area (Å²) in [7, 11) is 0. The maximum absolute atomic E-state index is 12.6. The van der Waals surface area contributed by atoms with E-state index in [9.17, 15) is 4.79 Å². The standard InChI is InChI=1S/C20H27N3O2/c1-15-6-4-7-18(12-15)13-20(24)23-9-5-8-22(10-11-23)14-19-16(2)21-25-17(19)3/h4,6-7,12H,5,8-11,13-14H2,1-3H3. The molecule has 1 aromatic heterocycles. The van der Waals surface area contributed by atoms with Gasteiger partial charge in [-0.25, -0.2) is 0 Å². The van der Waals surface area contributed by atoms with E-state index in [0.717, 1.165) is 56.2 Å². The highest BCUT2D eigenvalue weighted by molar-refractivity contribution is 5.78. The Hall–Kier alpha value is -2.14. The van der Waals surface area contributed by atoms with Gasteiger partial charge in [0.1, 0.15) is 5.76 Å². The van der Waals surface area contributed by atoms with Crippen LogP contribution in [0.25, 0.3) is 0 Å². The van der Waals surface area contributed by atoms with E-state index in [-0.39, 0.29) is 5.91 Å². The Morgan fingerprint density at radius 3 is 2.72 bits per heavy atom. The number of aromatic nitrogens is 1. The monoisotopic (exact) mass is 341 g/mol. The van der Waals surface area contributed by atoms with Crippen LogP contribution < -0.4 is 0 Å². The van der Waals surface area contributed by atoms with E-state index < -0.39 is 0 Å². The number of rotatable bonds is 4. The lowest BCUT2D eigenvalue weighted by molar-refractivity contribution is -0.130. The van der Waals surface area contributed by atoms with E-state index in [0.29, 0.717) is 6.42 Å². The van der Waals surface area contributed by atoms with Gasteiger partial charge in [0, 0.05) is 38.3 Å². The van der Waals surface area contributed by atoms with Crippen LogP contribution in [0.4, 0.5) is 0 Å². The zero-order chi connectivity index (χ0) is 17.8. The van der Waals surface area contributed by atoms with E-state index in [1.807, 2.05) is 30.9 Å². The van der Waals surface area contributed by atoms with Crippen molar-refractivity contribution >= 4 is 5.91 Å². The first kappa shape index (κ1) is 17.7. The third-order valence-corrected chi connectivity index (χ3v) is 4.94. The molecule has 3 rings (SSSR count). The molecule has 0 aliphatic carbocycles. The van der Waals surface area contributed by atoms with Crippen LogP contribution in [0.5, 0.6) is 0 Å². The highest BCUT2D eigenvalue weighted by Crippen LogP contribution is 2.17. The Morgan fingerprint density at radius 2 is 2.00 bits per heavy atom. The molecular formula is C20H27N3O2. The van der Waals surface area contributed by atoms with Crippen molar-refractivity contribution in [2.45, 2.75) is 40.2 Å². The molecule has 0 bridgehead atoms. The minimum absolute atomic E-state index is 0.227. The largest absolute Gasteiger partial charge is 0.361 e. The minimum atomic E-state index is 0.227. The molecule has 1 saturated heterocycles. The van der Waals surface area contributed by atoms with Crippen molar-refractivity contribution in [3.05, 3.63) is 52.4 Å². The van der Waals surface area contributed by atoms with Crippen molar-refractivity contribution in [2.24, 2.45) is 0 Å². The highest BCUT2D eigenvalue weighted by atomic mass is 16.5. The summed E-state index contributed by atoms with van der Waals surface area (Å²) in [5.74, 6) is 1.12. The molecule has 1 aliphatic heterocycles. The summed E-state index contributed by atoms with van der Waals surface area (Å²) < 4.78 is 5.26. The van der Waals surface area contributed by atoms with Gasteiger partial charge in [0.25, 0.3) is 0 Å². The van der Waals surface area contributed by atoms with Crippen LogP contribution in [0.2, 0.25) is 0 Å². The molecule has 0 saturated carbocycles. The summed E-state index contributed by atoms with van der Waals surface area (Å²) in [6, 6.07) is 8.21. The Bertz CT molecular complexity index is 719. The number of aryl methyl sites for hydroxylation is 3. The average molecular weight is 341 g/mol. The Labute approximate surface area is 149 Å². The maximum Gasteiger partial charge on any atom is 0.227 e. The Morgan fingerprint density at radius 1 is 1.16 bits per heavy atom. The van der Waals surface area contributed by atoms with Crippen LogP contribution in [0.3, 0.4) is 0 Å². The molecular weight excluding hydrogens is 314 g/mol. The zero-order valence-electron chi connectivity index (χ0n) is 15.4. The molecule has 1 amide bonds. The lowest BCUT2D eigenvalue weighted by Gasteiger charge is -2.22. The lowest BCUT2D eigenvalue weighted by Crippen LogP contribution is -2.36. The third-order valence-electron chi connectivity index (χ3n) is 4.94. The first-order valence-electron chi connectivity index (χ1n) is 9.00. The molecule has 0 spiro atoms. The molecule has 0 unspecified atom stereocenters. The maximum atomic E-state index is 12.6. The van der Waals surface area contributed by atoms with E-state index in [1.165, 1.54) is 11.1 Å². The fourth-order valence-corrected chi connectivity index (χ4v) is 3.44. The fourth-order valence-electron chi connectivity index (χ4n) is 3.44. The first-order valence-corrected chi connectivity index (χ1v) is 9.00. The topological polar surface area (TPSA) is 49.6 Å². The molecule has 2 heterocycles. The van der Waals surface area contributed by atoms with E-state index >= 15 is 0 Å². The summed E-state index contributed by atoms with van der Waals surface area (Å²) in [5.41, 5.74) is 4.45. The van der Waals surface area contributed by atoms with Crippen LogP contribution in [-0.2, 0) is 17.8 Å². The normalized spacial score (nSPS) is 16.0. The Balaban J connectivity index is 1.57. The van der Waals surface area contributed by atoms with E-state index in [4.69, 9.17) is 4.52 Å². The van der Waals surface area contributed by atoms with Crippen LogP contribution in [0, 0.1) is 20.8 Å². The van der Waals surface area contributed by atoms with Crippen molar-refractivity contribution < 1.29 is 9.32 Å². The molecule has 2 aromatic rings. The number of hydrogen-bond acceptors (Lipinski definition) is 4. The predicted octanol–water partition coefficient (Wildman–Crippen LogP) is 2.88. The lowest BCUT2D eigenvalue weighted by atomic mass is 10.1. The second-order valence-corrected chi connectivity index (χ2v) is 6.98. The fraction of sp³-hybridized carbons (Fsp3) is 0.500. The minimum Gasteiger partial charge on any atom is -0.361 e. The van der Waals surface area contributed by atoms with Crippen molar-refractivity contribution in [3.63, 3.8) is 0 Å². The van der Waals surface area contributed by atoms with Gasteiger partial charge in [0.2, 0.25) is 5.91 Å². The molecule has 0 radical (unpaired) electrons. The van der Waals surface area contributed by atoms with Crippen molar-refractivity contribution in [3.8, 4) is 0 Å². The quantitative estimate of drug-likeness (QED) is 0.858. The van der Waals surface area contributed by atoms with Crippen LogP contribution in [0.15, 0.2) is 28.8 Å². The van der Waals surface area contributed by atoms with Gasteiger partial charge in [-0.15, -0.1) is 0 Å². The molecule has 5 nitrogen and oxygen atoms in total. The molecule has 1 fully saturated rings. The summed E-state index contributed by atoms with van der Waals surface area (Å²) in [6.45, 7) is 10.4. The number of carbonyl (C=O) groups excluding carboxylic acids is 1. The number of carbonyl (C=O) groups is 1. The van der Waals surface area contributed by atoms with Crippen LogP contribution in [-0.4, -0.2) is 47.0 Å². The highest BCUT2D eigenvalue weighted by Gasteiger charge is 2.21. The second kappa shape index (κ2) is 7.83. The Kier molecular flexibility index (Phi) is 5.53. The van der Waals surface area contributed by atoms with Gasteiger partial charge >= 0.3 is 0 Å². The number of hydrogen-bond donors (Lipinski definition) is 0. The van der Waals surface area contributed by atoms with Crippen molar-refractivity contribution in [1.29, 1.82) is 0 Å². The van der Waals surface area contributed by atoms with Gasteiger partial charge < -0.3 is 9.42 Å². The van der Waals surface area contributed by atoms with Crippen LogP contribution in [0.1, 0.15) is 34.6 Å². The van der Waals surface area contributed by atoms with E-state index in [1.54, 1.807) is 0 Å². The smallest absolute Gasteiger partial charge is 0.227 e. The van der Waals surface area contributed by atoms with Crippen molar-refractivity contribution in [1.82, 2.24) is 15.0 Å². The van der Waals surface area contributed by atoms with Gasteiger partial charge in [0.05, 0.1) is 12.1 Å². The number of nitrogens with zero attached hydrogens (tertiary/aromatic N) is 3. The molecule has 5 heteroatoms. The van der Waals surface area contributed by atoms with Gasteiger partial charge in [-0.2, -0.15) is 0 Å². The first-order chi connectivity index (χ1) is 12.0. The number of benzene rings is 1. The zero-order valence-corrected chi connectivity index (χ0v) is 15.4. The second-order valence-electron chi connectivity index (χ2n) is 6.98. The molecule has 0 atom stereocenters. The third kappa shape index (κ3) is 4.48. The van der Waals surface area contributed by atoms with Gasteiger partial charge in [0.15, 0.2) is 0 Å². The predicted molar refractivity (Wildman–Crippen MR) is 97.3 cm³/mol. The van der Waals surface area contributed by atoms with Gasteiger partial charge in [-0.3, -0.25) is 9.69 Å². The number of amides is 1. The molecule has 0 N–H and O–H groups in total. The van der Waals surface area contributed by atoms with Crippen molar-refractivity contribution in [2.75, 3.05) is 26.2 Å². The van der Waals surface area contributed by atoms with Gasteiger partial charge in [-0.05, 0) is 32.8 Å². The average Bonchev–Trinajstić information content (AvgIpc) is 2.78. The van der Waals surface area contributed by atoms with Gasteiger partial charge in [-0.1, -0.05) is 35.0 Å². The molecule has 134 valence electrons. The summed E-state index contributed by atoms with van der Waals surface area (Å²) in [6.07, 6.45) is 1.49.